The van der Waals surface area contributed by atoms with Gasteiger partial charge in [0.05, 0.1) is 11.9 Å². The zero-order valence-electron chi connectivity index (χ0n) is 12.3. The Labute approximate surface area is 121 Å². The van der Waals surface area contributed by atoms with Gasteiger partial charge in [0, 0.05) is 12.4 Å². The van der Waals surface area contributed by atoms with Crippen molar-refractivity contribution in [3.05, 3.63) is 48.0 Å². The molecule has 5 heteroatoms. The molecule has 0 aliphatic heterocycles. The molecule has 1 heterocycles. The fraction of sp³-hybridized carbons (Fsp3) is 0.267. The van der Waals surface area contributed by atoms with E-state index in [0.29, 0.717) is 0 Å². The van der Waals surface area contributed by atoms with Gasteiger partial charge in [-0.1, -0.05) is 6.07 Å². The lowest BCUT2D eigenvalue weighted by molar-refractivity contribution is 0.582. The van der Waals surface area contributed by atoms with Crippen LogP contribution in [0, 0.1) is 6.92 Å². The summed E-state index contributed by atoms with van der Waals surface area (Å²) in [5.74, 6) is 0.848. The van der Waals surface area contributed by atoms with Crippen LogP contribution in [0.3, 0.4) is 0 Å². The largest absolute Gasteiger partial charge is 0.546 e. The Hall–Kier alpha value is -2.01. The highest BCUT2D eigenvalue weighted by molar-refractivity contribution is 6.49. The molecule has 0 aliphatic rings. The van der Waals surface area contributed by atoms with Crippen LogP contribution in [0.25, 0.3) is 0 Å². The van der Waals surface area contributed by atoms with Gasteiger partial charge in [0.15, 0.2) is 0 Å². The maximum Gasteiger partial charge on any atom is 0.229 e. The zero-order chi connectivity index (χ0) is 14.5. The lowest BCUT2D eigenvalue weighted by atomic mass is 10.2. The molecule has 2 rings (SSSR count). The molecule has 0 fully saturated rings. The van der Waals surface area contributed by atoms with Crippen LogP contribution in [0.15, 0.2) is 41.8 Å². The molecule has 0 N–H and O–H groups in total. The van der Waals surface area contributed by atoms with Gasteiger partial charge in [-0.05, 0) is 44.6 Å². The molecule has 20 heavy (non-hydrogen) atoms. The molecule has 0 aliphatic carbocycles. The smallest absolute Gasteiger partial charge is 0.229 e. The minimum atomic E-state index is -1.16. The first-order chi connectivity index (χ1) is 9.56. The van der Waals surface area contributed by atoms with E-state index in [-0.39, 0.29) is 0 Å². The molecule has 0 saturated carbocycles. The second-order valence-electron chi connectivity index (χ2n) is 4.93. The van der Waals surface area contributed by atoms with Crippen molar-refractivity contribution in [2.24, 2.45) is 4.99 Å². The maximum atomic E-state index is 5.93. The van der Waals surface area contributed by atoms with Gasteiger partial charge in [0.1, 0.15) is 17.1 Å². The van der Waals surface area contributed by atoms with E-state index in [1.807, 2.05) is 32.0 Å². The van der Waals surface area contributed by atoms with Crippen LogP contribution in [-0.2, 0) is 0 Å². The van der Waals surface area contributed by atoms with Crippen LogP contribution in [-0.4, -0.2) is 24.7 Å². The van der Waals surface area contributed by atoms with E-state index in [4.69, 9.17) is 4.43 Å². The average molecular weight is 285 g/mol. The predicted molar refractivity (Wildman–Crippen MR) is 84.6 cm³/mol. The molecule has 1 aromatic heterocycles. The van der Waals surface area contributed by atoms with Crippen molar-refractivity contribution in [1.82, 2.24) is 9.97 Å². The van der Waals surface area contributed by atoms with Crippen LogP contribution in [0.4, 0.5) is 5.69 Å². The third-order valence-corrected chi connectivity index (χ3v) is 3.42. The minimum Gasteiger partial charge on any atom is -0.546 e. The lowest BCUT2D eigenvalue weighted by Crippen LogP contribution is -2.11. The number of aliphatic imine (C=N–C) groups is 1. The highest BCUT2D eigenvalue weighted by Gasteiger charge is 2.07. The van der Waals surface area contributed by atoms with E-state index < -0.39 is 9.04 Å². The molecule has 0 spiro atoms. The van der Waals surface area contributed by atoms with Crippen molar-refractivity contribution in [3.63, 3.8) is 0 Å². The van der Waals surface area contributed by atoms with Gasteiger partial charge in [-0.2, -0.15) is 0 Å². The summed E-state index contributed by atoms with van der Waals surface area (Å²) < 4.78 is 5.93. The number of aryl methyl sites for hydroxylation is 1. The number of rotatable bonds is 4. The summed E-state index contributed by atoms with van der Waals surface area (Å²) in [4.78, 5) is 13.0. The summed E-state index contributed by atoms with van der Waals surface area (Å²) in [5.41, 5.74) is 3.63. The van der Waals surface area contributed by atoms with Gasteiger partial charge in [-0.15, -0.1) is 0 Å². The molecule has 0 amide bonds. The molecule has 0 radical (unpaired) electrons. The van der Waals surface area contributed by atoms with Crippen LogP contribution in [0.2, 0.25) is 13.1 Å². The third-order valence-electron chi connectivity index (χ3n) is 2.70. The van der Waals surface area contributed by atoms with Crippen molar-refractivity contribution in [2.45, 2.75) is 26.9 Å². The van der Waals surface area contributed by atoms with E-state index in [0.717, 1.165) is 28.4 Å². The summed E-state index contributed by atoms with van der Waals surface area (Å²) >= 11 is 0. The molecule has 0 atom stereocenters. The topological polar surface area (TPSA) is 47.4 Å². The molecular formula is C15H19N3OSi. The summed E-state index contributed by atoms with van der Waals surface area (Å²) in [6.07, 6.45) is 5.04. The molecule has 0 bridgehead atoms. The van der Waals surface area contributed by atoms with Gasteiger partial charge in [0.25, 0.3) is 0 Å². The maximum absolute atomic E-state index is 5.93. The van der Waals surface area contributed by atoms with Crippen LogP contribution in [0.5, 0.6) is 5.75 Å². The first-order valence-corrected chi connectivity index (χ1v) is 9.43. The van der Waals surface area contributed by atoms with Gasteiger partial charge in [0.2, 0.25) is 9.04 Å². The van der Waals surface area contributed by atoms with E-state index >= 15 is 0 Å². The Bertz CT molecular complexity index is 612. The Morgan fingerprint density at radius 1 is 1.25 bits per heavy atom. The first kappa shape index (κ1) is 14.4. The summed E-state index contributed by atoms with van der Waals surface area (Å²) in [5, 5.41) is 0. The fourth-order valence-corrected chi connectivity index (χ4v) is 2.50. The van der Waals surface area contributed by atoms with Crippen molar-refractivity contribution in [3.8, 4) is 5.75 Å². The quantitative estimate of drug-likeness (QED) is 0.639. The first-order valence-electron chi connectivity index (χ1n) is 6.65. The highest BCUT2D eigenvalue weighted by Crippen LogP contribution is 2.29. The van der Waals surface area contributed by atoms with Crippen LogP contribution < -0.4 is 4.43 Å². The fourth-order valence-electron chi connectivity index (χ4n) is 1.79. The number of aromatic nitrogens is 2. The monoisotopic (exact) mass is 285 g/mol. The number of hydrogen-bond acceptors (Lipinski definition) is 4. The average Bonchev–Trinajstić information content (AvgIpc) is 2.42. The molecule has 2 aromatic rings. The van der Waals surface area contributed by atoms with E-state index in [1.165, 1.54) is 0 Å². The second-order valence-corrected chi connectivity index (χ2v) is 7.26. The second kappa shape index (κ2) is 6.43. The number of nitrogens with zero attached hydrogens (tertiary/aromatic N) is 3. The standard InChI is InChI=1S/C15H19N3OSi/c1-11-5-6-15(19-20(3)4)13(9-11)18-12(2)14-10-16-7-8-17-14/h5-10,20H,1-4H3. The molecule has 0 unspecified atom stereocenters. The highest BCUT2D eigenvalue weighted by atomic mass is 28.3. The number of benzene rings is 1. The van der Waals surface area contributed by atoms with E-state index in [1.54, 1.807) is 18.6 Å². The van der Waals surface area contributed by atoms with E-state index in [2.05, 4.69) is 28.1 Å². The van der Waals surface area contributed by atoms with Gasteiger partial charge in [-0.25, -0.2) is 4.99 Å². The Morgan fingerprint density at radius 3 is 2.70 bits per heavy atom. The van der Waals surface area contributed by atoms with Crippen molar-refractivity contribution in [2.75, 3.05) is 0 Å². The van der Waals surface area contributed by atoms with Crippen molar-refractivity contribution < 1.29 is 4.43 Å². The zero-order valence-corrected chi connectivity index (χ0v) is 13.4. The van der Waals surface area contributed by atoms with Crippen LogP contribution in [0.1, 0.15) is 18.2 Å². The SMILES string of the molecule is CC(=Nc1cc(C)ccc1O[SiH](C)C)c1cnccn1. The van der Waals surface area contributed by atoms with Gasteiger partial charge >= 0.3 is 0 Å². The normalized spacial score (nSPS) is 11.8. The molecule has 4 nitrogen and oxygen atoms in total. The van der Waals surface area contributed by atoms with Gasteiger partial charge < -0.3 is 4.43 Å². The summed E-state index contributed by atoms with van der Waals surface area (Å²) in [6.45, 7) is 8.27. The predicted octanol–water partition coefficient (Wildman–Crippen LogP) is 3.29. The molecule has 104 valence electrons. The summed E-state index contributed by atoms with van der Waals surface area (Å²) in [6, 6.07) is 6.07. The lowest BCUT2D eigenvalue weighted by Gasteiger charge is -2.13. The molecule has 0 saturated heterocycles. The summed E-state index contributed by atoms with van der Waals surface area (Å²) in [7, 11) is -1.16. The molecular weight excluding hydrogens is 266 g/mol. The molecule has 1 aromatic carbocycles. The van der Waals surface area contributed by atoms with Crippen molar-refractivity contribution in [1.29, 1.82) is 0 Å². The Balaban J connectivity index is 2.39. The van der Waals surface area contributed by atoms with Gasteiger partial charge in [-0.3, -0.25) is 9.97 Å². The van der Waals surface area contributed by atoms with Crippen LogP contribution >= 0.6 is 0 Å². The van der Waals surface area contributed by atoms with Crippen molar-refractivity contribution >= 4 is 20.4 Å². The third kappa shape index (κ3) is 3.74. The minimum absolute atomic E-state index is 0.779. The Morgan fingerprint density at radius 2 is 2.05 bits per heavy atom. The van der Waals surface area contributed by atoms with E-state index in [9.17, 15) is 0 Å². The number of hydrogen-bond donors (Lipinski definition) is 0. The Kier molecular flexibility index (Phi) is 4.63.